The Kier molecular flexibility index (Phi) is 4.32. The molecular weight excluding hydrogens is 269 g/mol. The minimum atomic E-state index is -4.28. The molecular formula is C15H12F3S+. The summed E-state index contributed by atoms with van der Waals surface area (Å²) < 4.78 is 37.1. The molecule has 0 aliphatic carbocycles. The molecule has 0 aliphatic rings. The average Bonchev–Trinajstić information content (AvgIpc) is 2.40. The highest BCUT2D eigenvalue weighted by atomic mass is 32.2. The molecule has 0 fully saturated rings. The van der Waals surface area contributed by atoms with Crippen LogP contribution < -0.4 is 0 Å². The molecule has 0 amide bonds. The van der Waals surface area contributed by atoms with Crippen LogP contribution in [0.5, 0.6) is 0 Å². The van der Waals surface area contributed by atoms with E-state index in [-0.39, 0.29) is 0 Å². The van der Waals surface area contributed by atoms with Crippen LogP contribution in [-0.2, 0) is 10.9 Å². The molecule has 2 aromatic carbocycles. The Morgan fingerprint density at radius 3 is 1.53 bits per heavy atom. The lowest BCUT2D eigenvalue weighted by molar-refractivity contribution is -0.0796. The lowest BCUT2D eigenvalue weighted by Gasteiger charge is -2.03. The predicted molar refractivity (Wildman–Crippen MR) is 72.0 cm³/mol. The number of benzene rings is 2. The van der Waals surface area contributed by atoms with E-state index in [0.29, 0.717) is 6.08 Å². The van der Waals surface area contributed by atoms with Crippen molar-refractivity contribution in [3.63, 3.8) is 0 Å². The van der Waals surface area contributed by atoms with E-state index < -0.39 is 17.1 Å². The second-order valence-electron chi connectivity index (χ2n) is 3.81. The van der Waals surface area contributed by atoms with Gasteiger partial charge in [-0.2, -0.15) is 13.2 Å². The Bertz CT molecular complexity index is 493. The molecule has 0 unspecified atom stereocenters. The number of halogens is 3. The molecule has 0 atom stereocenters. The van der Waals surface area contributed by atoms with Gasteiger partial charge in [0.25, 0.3) is 0 Å². The fraction of sp³-hybridized carbons (Fsp3) is 0.0667. The maximum Gasteiger partial charge on any atom is 0.413 e. The van der Waals surface area contributed by atoms with Gasteiger partial charge in [-0.15, -0.1) is 0 Å². The Morgan fingerprint density at radius 1 is 0.737 bits per heavy atom. The third-order valence-corrected chi connectivity index (χ3v) is 4.36. The van der Waals surface area contributed by atoms with Crippen LogP contribution in [0.15, 0.2) is 81.9 Å². The minimum Gasteiger partial charge on any atom is -0.167 e. The summed E-state index contributed by atoms with van der Waals surface area (Å²) in [6, 6.07) is 18.4. The smallest absolute Gasteiger partial charge is 0.167 e. The highest BCUT2D eigenvalue weighted by Crippen LogP contribution is 2.26. The summed E-state index contributed by atoms with van der Waals surface area (Å²) in [5.74, 6) is 0. The van der Waals surface area contributed by atoms with E-state index in [1.807, 2.05) is 60.7 Å². The van der Waals surface area contributed by atoms with Gasteiger partial charge in [0, 0.05) is 0 Å². The van der Waals surface area contributed by atoms with Crippen LogP contribution in [0.4, 0.5) is 13.2 Å². The Hall–Kier alpha value is -1.68. The van der Waals surface area contributed by atoms with Crippen molar-refractivity contribution in [1.82, 2.24) is 0 Å². The fourth-order valence-electron chi connectivity index (χ4n) is 1.57. The standard InChI is InChI=1S/C15H12F3S/c16-15(17,18)11-12-19(13-7-3-1-4-8-13)14-9-5-2-6-10-14/h1-12H/q+1. The molecule has 0 bridgehead atoms. The number of alkyl halides is 3. The molecule has 2 aromatic rings. The monoisotopic (exact) mass is 281 g/mol. The van der Waals surface area contributed by atoms with Crippen LogP contribution in [0.3, 0.4) is 0 Å². The van der Waals surface area contributed by atoms with Gasteiger partial charge < -0.3 is 0 Å². The number of rotatable bonds is 3. The first-order valence-corrected chi connectivity index (χ1v) is 6.94. The minimum absolute atomic E-state index is 0.316. The van der Waals surface area contributed by atoms with Gasteiger partial charge in [-0.05, 0) is 24.3 Å². The summed E-state index contributed by atoms with van der Waals surface area (Å²) in [4.78, 5) is 1.74. The van der Waals surface area contributed by atoms with Crippen LogP contribution in [0, 0.1) is 0 Å². The number of allylic oxidation sites excluding steroid dienone is 1. The van der Waals surface area contributed by atoms with Crippen LogP contribution in [0.25, 0.3) is 0 Å². The highest BCUT2D eigenvalue weighted by molar-refractivity contribution is 7.99. The van der Waals surface area contributed by atoms with Gasteiger partial charge in [0.15, 0.2) is 9.79 Å². The van der Waals surface area contributed by atoms with Gasteiger partial charge in [0.1, 0.15) is 5.41 Å². The second kappa shape index (κ2) is 5.97. The fourth-order valence-corrected chi connectivity index (χ4v) is 3.35. The maximum atomic E-state index is 12.4. The molecule has 0 spiro atoms. The summed E-state index contributed by atoms with van der Waals surface area (Å²) in [5, 5.41) is 1.23. The van der Waals surface area contributed by atoms with Crippen molar-refractivity contribution in [3.05, 3.63) is 72.1 Å². The Balaban J connectivity index is 2.38. The molecule has 0 nitrogen and oxygen atoms in total. The SMILES string of the molecule is FC(F)(F)C=C[S+](c1ccccc1)c1ccccc1. The first-order valence-electron chi connectivity index (χ1n) is 5.65. The van der Waals surface area contributed by atoms with E-state index in [4.69, 9.17) is 0 Å². The molecule has 98 valence electrons. The zero-order valence-corrected chi connectivity index (χ0v) is 10.8. The van der Waals surface area contributed by atoms with Gasteiger partial charge in [-0.1, -0.05) is 36.4 Å². The molecule has 2 rings (SSSR count). The van der Waals surface area contributed by atoms with Crippen molar-refractivity contribution >= 4 is 10.9 Å². The second-order valence-corrected chi connectivity index (χ2v) is 5.70. The van der Waals surface area contributed by atoms with Gasteiger partial charge in [-0.25, -0.2) is 0 Å². The summed E-state index contributed by atoms with van der Waals surface area (Å²) in [6.45, 7) is 0. The average molecular weight is 281 g/mol. The van der Waals surface area contributed by atoms with E-state index in [1.54, 1.807) is 0 Å². The first-order chi connectivity index (χ1) is 9.06. The van der Waals surface area contributed by atoms with Crippen LogP contribution in [0.1, 0.15) is 0 Å². The summed E-state index contributed by atoms with van der Waals surface area (Å²) >= 11 is 0. The van der Waals surface area contributed by atoms with Crippen LogP contribution in [0.2, 0.25) is 0 Å². The first kappa shape index (κ1) is 13.7. The van der Waals surface area contributed by atoms with E-state index in [2.05, 4.69) is 0 Å². The van der Waals surface area contributed by atoms with Crippen molar-refractivity contribution in [3.8, 4) is 0 Å². The van der Waals surface area contributed by atoms with Gasteiger partial charge in [0.2, 0.25) is 0 Å². The van der Waals surface area contributed by atoms with Crippen LogP contribution in [-0.4, -0.2) is 6.18 Å². The zero-order valence-electron chi connectivity index (χ0n) is 9.97. The van der Waals surface area contributed by atoms with Crippen molar-refractivity contribution in [1.29, 1.82) is 0 Å². The van der Waals surface area contributed by atoms with Crippen molar-refractivity contribution in [2.24, 2.45) is 0 Å². The quantitative estimate of drug-likeness (QED) is 0.709. The highest BCUT2D eigenvalue weighted by Gasteiger charge is 2.28. The zero-order chi connectivity index (χ0) is 13.7. The van der Waals surface area contributed by atoms with Crippen molar-refractivity contribution in [2.45, 2.75) is 16.0 Å². The number of hydrogen-bond acceptors (Lipinski definition) is 0. The molecule has 0 aliphatic heterocycles. The van der Waals surface area contributed by atoms with E-state index in [1.165, 1.54) is 5.41 Å². The maximum absolute atomic E-state index is 12.4. The molecule has 0 heterocycles. The molecule has 0 aromatic heterocycles. The third-order valence-electron chi connectivity index (χ3n) is 2.39. The molecule has 0 N–H and O–H groups in total. The van der Waals surface area contributed by atoms with E-state index in [0.717, 1.165) is 9.79 Å². The van der Waals surface area contributed by atoms with Crippen molar-refractivity contribution < 1.29 is 13.2 Å². The Morgan fingerprint density at radius 2 is 1.16 bits per heavy atom. The normalized spacial score (nSPS) is 12.2. The van der Waals surface area contributed by atoms with E-state index >= 15 is 0 Å². The topological polar surface area (TPSA) is 0 Å². The summed E-state index contributed by atoms with van der Waals surface area (Å²) in [7, 11) is -0.698. The molecule has 4 heteroatoms. The van der Waals surface area contributed by atoms with Gasteiger partial charge >= 0.3 is 6.18 Å². The largest absolute Gasteiger partial charge is 0.413 e. The summed E-state index contributed by atoms with van der Waals surface area (Å²) in [6.07, 6.45) is -3.97. The lowest BCUT2D eigenvalue weighted by atomic mass is 10.4. The van der Waals surface area contributed by atoms with Crippen molar-refractivity contribution in [2.75, 3.05) is 0 Å². The Labute approximate surface area is 112 Å². The number of hydrogen-bond donors (Lipinski definition) is 0. The van der Waals surface area contributed by atoms with E-state index in [9.17, 15) is 13.2 Å². The molecule has 0 saturated heterocycles. The molecule has 19 heavy (non-hydrogen) atoms. The molecule has 0 saturated carbocycles. The molecule has 0 radical (unpaired) electrons. The third kappa shape index (κ3) is 4.17. The predicted octanol–water partition coefficient (Wildman–Crippen LogP) is 4.80. The van der Waals surface area contributed by atoms with Crippen LogP contribution >= 0.6 is 0 Å². The summed E-state index contributed by atoms with van der Waals surface area (Å²) in [5.41, 5.74) is 0. The van der Waals surface area contributed by atoms with Gasteiger partial charge in [0.05, 0.1) is 17.0 Å². The van der Waals surface area contributed by atoms with Gasteiger partial charge in [-0.3, -0.25) is 0 Å². The lowest BCUT2D eigenvalue weighted by Crippen LogP contribution is -2.05.